The van der Waals surface area contributed by atoms with Crippen LogP contribution in [-0.2, 0) is 9.59 Å². The van der Waals surface area contributed by atoms with Crippen molar-refractivity contribution in [3.05, 3.63) is 144 Å². The summed E-state index contributed by atoms with van der Waals surface area (Å²) in [6.07, 6.45) is 1.50. The Balaban J connectivity index is 1.07. The minimum Gasteiger partial charge on any atom is -0.457 e. The van der Waals surface area contributed by atoms with Crippen LogP contribution in [0.15, 0.2) is 130 Å². The van der Waals surface area contributed by atoms with Gasteiger partial charge in [0.15, 0.2) is 0 Å². The fraction of sp³-hybridized carbons (Fsp3) is 0.154. The van der Waals surface area contributed by atoms with Gasteiger partial charge < -0.3 is 24.9 Å². The summed E-state index contributed by atoms with van der Waals surface area (Å²) in [4.78, 5) is 44.3. The molecule has 10 heteroatoms. The zero-order valence-electron chi connectivity index (χ0n) is 26.9. The van der Waals surface area contributed by atoms with Gasteiger partial charge in [-0.15, -0.1) is 11.8 Å². The van der Waals surface area contributed by atoms with E-state index in [9.17, 15) is 18.8 Å². The third-order valence-electron chi connectivity index (χ3n) is 8.08. The van der Waals surface area contributed by atoms with Crippen molar-refractivity contribution >= 4 is 46.9 Å². The summed E-state index contributed by atoms with van der Waals surface area (Å²) in [5.74, 6) is 0.162. The van der Waals surface area contributed by atoms with E-state index in [4.69, 9.17) is 4.42 Å². The number of hydrogen-bond donors (Lipinski definition) is 2. The normalized spacial score (nSPS) is 13.2. The molecular weight excluding hydrogens is 640 g/mol. The quantitative estimate of drug-likeness (QED) is 0.120. The number of amides is 3. The third-order valence-corrected chi connectivity index (χ3v) is 9.07. The molecule has 1 aromatic heterocycles. The molecule has 248 valence electrons. The smallest absolute Gasteiger partial charge is 0.272 e. The number of nitrogens with zero attached hydrogens (tertiary/aromatic N) is 2. The van der Waals surface area contributed by atoms with E-state index in [1.54, 1.807) is 54.6 Å². The van der Waals surface area contributed by atoms with E-state index in [1.807, 2.05) is 60.4 Å². The number of carbonyl (C=O) groups is 3. The van der Waals surface area contributed by atoms with Crippen molar-refractivity contribution in [2.75, 3.05) is 42.1 Å². The van der Waals surface area contributed by atoms with Crippen LogP contribution in [0.4, 0.5) is 15.8 Å². The lowest BCUT2D eigenvalue weighted by Crippen LogP contribution is -2.49. The number of rotatable bonds is 10. The Labute approximate surface area is 288 Å². The number of nitrogens with one attached hydrogen (secondary N) is 2. The fourth-order valence-electron chi connectivity index (χ4n) is 5.32. The summed E-state index contributed by atoms with van der Waals surface area (Å²) in [6.45, 7) is 4.59. The summed E-state index contributed by atoms with van der Waals surface area (Å²) >= 11 is 1.42. The average Bonchev–Trinajstić information content (AvgIpc) is 3.60. The number of furan rings is 1. The van der Waals surface area contributed by atoms with E-state index in [0.717, 1.165) is 21.7 Å². The molecule has 0 spiro atoms. The van der Waals surface area contributed by atoms with Crippen LogP contribution in [-0.4, -0.2) is 54.6 Å². The molecule has 0 unspecified atom stereocenters. The molecule has 0 radical (unpaired) electrons. The molecule has 6 rings (SSSR count). The van der Waals surface area contributed by atoms with Gasteiger partial charge in [-0.05, 0) is 79.7 Å². The standard InChI is InChI=1S/C39H35FN4O4S/c1-27-7-9-28(10-8-27)36-20-17-33(48-36)25-35(42-38(46)29-5-3-2-4-6-29)39(47)41-31-13-18-34(19-14-31)49-26-37(45)44-23-21-43(22-24-44)32-15-11-30(40)12-16-32/h2-20,25H,21-24,26H2,1H3,(H,41,47)(H,42,46)/b35-25-. The molecule has 1 aliphatic rings. The molecule has 8 nitrogen and oxygen atoms in total. The molecular formula is C39H35FN4O4S. The molecule has 0 saturated carbocycles. The van der Waals surface area contributed by atoms with Crippen LogP contribution >= 0.6 is 11.8 Å². The molecule has 2 N–H and O–H groups in total. The Kier molecular flexibility index (Phi) is 10.6. The van der Waals surface area contributed by atoms with Crippen LogP contribution in [0.25, 0.3) is 17.4 Å². The van der Waals surface area contributed by atoms with Gasteiger partial charge in [-0.3, -0.25) is 14.4 Å². The Morgan fingerprint density at radius 2 is 1.51 bits per heavy atom. The van der Waals surface area contributed by atoms with Crippen molar-refractivity contribution in [1.82, 2.24) is 10.2 Å². The second-order valence-corrected chi connectivity index (χ2v) is 12.6. The first-order valence-corrected chi connectivity index (χ1v) is 16.9. The van der Waals surface area contributed by atoms with Crippen LogP contribution < -0.4 is 15.5 Å². The Morgan fingerprint density at radius 3 is 2.20 bits per heavy atom. The maximum absolute atomic E-state index is 13.5. The number of thioether (sulfide) groups is 1. The molecule has 4 aromatic carbocycles. The molecule has 0 aliphatic carbocycles. The molecule has 0 bridgehead atoms. The van der Waals surface area contributed by atoms with Crippen LogP contribution in [0, 0.1) is 12.7 Å². The summed E-state index contributed by atoms with van der Waals surface area (Å²) < 4.78 is 19.3. The van der Waals surface area contributed by atoms with Crippen molar-refractivity contribution < 1.29 is 23.2 Å². The Morgan fingerprint density at radius 1 is 0.816 bits per heavy atom. The van der Waals surface area contributed by atoms with Crippen molar-refractivity contribution in [3.63, 3.8) is 0 Å². The van der Waals surface area contributed by atoms with E-state index < -0.39 is 11.8 Å². The lowest BCUT2D eigenvalue weighted by Gasteiger charge is -2.36. The van der Waals surface area contributed by atoms with Gasteiger partial charge in [-0.2, -0.15) is 0 Å². The summed E-state index contributed by atoms with van der Waals surface area (Å²) in [5.41, 5.74) is 3.93. The molecule has 1 fully saturated rings. The summed E-state index contributed by atoms with van der Waals surface area (Å²) in [5, 5.41) is 5.59. The van der Waals surface area contributed by atoms with Crippen molar-refractivity contribution in [1.29, 1.82) is 0 Å². The SMILES string of the molecule is Cc1ccc(-c2ccc(/C=C(\NC(=O)c3ccccc3)C(=O)Nc3ccc(SCC(=O)N4CCN(c5ccc(F)cc5)CC4)cc3)o2)cc1. The van der Waals surface area contributed by atoms with Crippen molar-refractivity contribution in [2.45, 2.75) is 11.8 Å². The van der Waals surface area contributed by atoms with E-state index >= 15 is 0 Å². The van der Waals surface area contributed by atoms with E-state index in [0.29, 0.717) is 49.0 Å². The summed E-state index contributed by atoms with van der Waals surface area (Å²) in [6, 6.07) is 33.7. The highest BCUT2D eigenvalue weighted by atomic mass is 32.2. The van der Waals surface area contributed by atoms with Gasteiger partial charge in [-0.25, -0.2) is 4.39 Å². The molecule has 1 saturated heterocycles. The number of benzene rings is 4. The van der Waals surface area contributed by atoms with Gasteiger partial charge in [0.25, 0.3) is 11.8 Å². The molecule has 49 heavy (non-hydrogen) atoms. The summed E-state index contributed by atoms with van der Waals surface area (Å²) in [7, 11) is 0. The van der Waals surface area contributed by atoms with E-state index in [-0.39, 0.29) is 23.2 Å². The Bertz CT molecular complexity index is 1930. The molecule has 5 aromatic rings. The number of aryl methyl sites for hydroxylation is 1. The second kappa shape index (κ2) is 15.5. The van der Waals surface area contributed by atoms with Gasteiger partial charge in [-0.1, -0.05) is 48.0 Å². The van der Waals surface area contributed by atoms with Gasteiger partial charge >= 0.3 is 0 Å². The minimum absolute atomic E-state index is 0.0160. The van der Waals surface area contributed by atoms with Crippen molar-refractivity contribution in [3.8, 4) is 11.3 Å². The van der Waals surface area contributed by atoms with Crippen LogP contribution in [0.5, 0.6) is 0 Å². The molecule has 2 heterocycles. The van der Waals surface area contributed by atoms with Gasteiger partial charge in [0.05, 0.1) is 5.75 Å². The van der Waals surface area contributed by atoms with Gasteiger partial charge in [0, 0.05) is 59.7 Å². The molecule has 0 atom stereocenters. The minimum atomic E-state index is -0.520. The highest BCUT2D eigenvalue weighted by Gasteiger charge is 2.22. The first-order chi connectivity index (χ1) is 23.8. The first kappa shape index (κ1) is 33.3. The van der Waals surface area contributed by atoms with Crippen LogP contribution in [0.3, 0.4) is 0 Å². The second-order valence-electron chi connectivity index (χ2n) is 11.6. The Hall–Kier alpha value is -5.61. The first-order valence-electron chi connectivity index (χ1n) is 15.9. The maximum atomic E-state index is 13.5. The zero-order chi connectivity index (χ0) is 34.2. The zero-order valence-corrected chi connectivity index (χ0v) is 27.7. The molecule has 3 amide bonds. The predicted octanol–water partition coefficient (Wildman–Crippen LogP) is 7.24. The number of piperazine rings is 1. The number of halogens is 1. The largest absolute Gasteiger partial charge is 0.457 e. The highest BCUT2D eigenvalue weighted by molar-refractivity contribution is 8.00. The van der Waals surface area contributed by atoms with E-state index in [2.05, 4.69) is 15.5 Å². The lowest BCUT2D eigenvalue weighted by atomic mass is 10.1. The maximum Gasteiger partial charge on any atom is 0.272 e. The topological polar surface area (TPSA) is 94.9 Å². The molecule has 1 aliphatic heterocycles. The van der Waals surface area contributed by atoms with E-state index in [1.165, 1.54) is 30.0 Å². The van der Waals surface area contributed by atoms with Crippen LogP contribution in [0.2, 0.25) is 0 Å². The number of anilines is 2. The number of hydrogen-bond acceptors (Lipinski definition) is 6. The lowest BCUT2D eigenvalue weighted by molar-refractivity contribution is -0.128. The van der Waals surface area contributed by atoms with Gasteiger partial charge in [0.1, 0.15) is 23.0 Å². The predicted molar refractivity (Wildman–Crippen MR) is 192 cm³/mol. The third kappa shape index (κ3) is 8.85. The fourth-order valence-corrected chi connectivity index (χ4v) is 6.12. The highest BCUT2D eigenvalue weighted by Crippen LogP contribution is 2.25. The monoisotopic (exact) mass is 674 g/mol. The van der Waals surface area contributed by atoms with Gasteiger partial charge in [0.2, 0.25) is 5.91 Å². The van der Waals surface area contributed by atoms with Crippen molar-refractivity contribution in [2.24, 2.45) is 0 Å². The number of carbonyl (C=O) groups excluding carboxylic acids is 3. The average molecular weight is 675 g/mol. The van der Waals surface area contributed by atoms with Crippen LogP contribution in [0.1, 0.15) is 21.7 Å².